The van der Waals surface area contributed by atoms with Crippen LogP contribution in [0.1, 0.15) is 77.6 Å². The van der Waals surface area contributed by atoms with Crippen LogP contribution in [-0.4, -0.2) is 28.6 Å². The number of Topliss-reactive ketones (excluding diaryl/α,β-unsaturated/α-hetero) is 2. The zero-order chi connectivity index (χ0) is 19.6. The Bertz CT molecular complexity index is 514. The monoisotopic (exact) mass is 372 g/mol. The lowest BCUT2D eigenvalue weighted by Crippen LogP contribution is -2.27. The summed E-state index contributed by atoms with van der Waals surface area (Å²) < 4.78 is 27.4. The predicted octanol–water partition coefficient (Wildman–Crippen LogP) is 4.96. The summed E-state index contributed by atoms with van der Waals surface area (Å²) in [5, 5.41) is 8.59. The molecule has 1 fully saturated rings. The molecule has 0 saturated heterocycles. The maximum Gasteiger partial charge on any atom is 0.323 e. The lowest BCUT2D eigenvalue weighted by atomic mass is 9.86. The Morgan fingerprint density at radius 1 is 1.15 bits per heavy atom. The molecule has 0 aliphatic heterocycles. The highest BCUT2D eigenvalue weighted by Crippen LogP contribution is 2.36. The molecule has 0 radical (unpaired) electrons. The van der Waals surface area contributed by atoms with E-state index in [2.05, 4.69) is 0 Å². The molecule has 1 N–H and O–H groups in total. The number of carboxylic acid groups (broad SMARTS) is 1. The molecule has 1 saturated carbocycles. The van der Waals surface area contributed by atoms with Crippen molar-refractivity contribution < 1.29 is 28.3 Å². The first-order valence-corrected chi connectivity index (χ1v) is 9.61. The Balaban J connectivity index is 2.38. The molecule has 6 heteroatoms. The molecule has 4 nitrogen and oxygen atoms in total. The molecule has 26 heavy (non-hydrogen) atoms. The van der Waals surface area contributed by atoms with Crippen LogP contribution in [0.15, 0.2) is 12.2 Å². The van der Waals surface area contributed by atoms with Crippen molar-refractivity contribution in [3.63, 3.8) is 0 Å². The highest BCUT2D eigenvalue weighted by atomic mass is 19.3. The topological polar surface area (TPSA) is 71.4 Å². The normalized spacial score (nSPS) is 20.8. The fourth-order valence-electron chi connectivity index (χ4n) is 3.56. The molecular weight excluding hydrogens is 342 g/mol. The number of rotatable bonds is 13. The minimum absolute atomic E-state index is 0.0106. The van der Waals surface area contributed by atoms with Crippen molar-refractivity contribution in [2.75, 3.05) is 0 Å². The van der Waals surface area contributed by atoms with Gasteiger partial charge in [0.2, 0.25) is 5.78 Å². The molecule has 1 rings (SSSR count). The van der Waals surface area contributed by atoms with Crippen molar-refractivity contribution in [3.05, 3.63) is 12.2 Å². The van der Waals surface area contributed by atoms with E-state index in [1.54, 1.807) is 6.92 Å². The van der Waals surface area contributed by atoms with Crippen molar-refractivity contribution in [2.24, 2.45) is 11.8 Å². The summed E-state index contributed by atoms with van der Waals surface area (Å²) in [6.07, 6.45) is 7.70. The summed E-state index contributed by atoms with van der Waals surface area (Å²) >= 11 is 0. The van der Waals surface area contributed by atoms with E-state index in [-0.39, 0.29) is 30.5 Å². The third kappa shape index (κ3) is 7.75. The summed E-state index contributed by atoms with van der Waals surface area (Å²) in [6.45, 7) is 1.73. The molecule has 2 unspecified atom stereocenters. The number of alkyl halides is 2. The van der Waals surface area contributed by atoms with Crippen LogP contribution in [0.4, 0.5) is 8.78 Å². The molecule has 2 atom stereocenters. The van der Waals surface area contributed by atoms with Crippen LogP contribution in [0, 0.1) is 11.8 Å². The maximum atomic E-state index is 13.7. The number of unbranched alkanes of at least 4 members (excludes halogenated alkanes) is 3. The number of carbonyl (C=O) groups is 3. The first-order chi connectivity index (χ1) is 12.3. The van der Waals surface area contributed by atoms with Crippen LogP contribution in [0.5, 0.6) is 0 Å². The van der Waals surface area contributed by atoms with Crippen LogP contribution in [-0.2, 0) is 14.4 Å². The molecule has 0 heterocycles. The van der Waals surface area contributed by atoms with Crippen LogP contribution >= 0.6 is 0 Å². The zero-order valence-corrected chi connectivity index (χ0v) is 15.5. The Hall–Kier alpha value is -1.59. The van der Waals surface area contributed by atoms with Gasteiger partial charge in [0.05, 0.1) is 0 Å². The van der Waals surface area contributed by atoms with Crippen LogP contribution in [0.25, 0.3) is 0 Å². The number of hydrogen-bond donors (Lipinski definition) is 1. The van der Waals surface area contributed by atoms with Gasteiger partial charge in [0.25, 0.3) is 0 Å². The smallest absolute Gasteiger partial charge is 0.323 e. The van der Waals surface area contributed by atoms with Gasteiger partial charge in [-0.3, -0.25) is 14.4 Å². The van der Waals surface area contributed by atoms with Gasteiger partial charge in [-0.2, -0.15) is 8.78 Å². The second kappa shape index (κ2) is 11.2. The van der Waals surface area contributed by atoms with Gasteiger partial charge in [-0.15, -0.1) is 0 Å². The molecule has 1 aliphatic carbocycles. The van der Waals surface area contributed by atoms with Gasteiger partial charge in [0, 0.05) is 25.2 Å². The summed E-state index contributed by atoms with van der Waals surface area (Å²) in [6, 6.07) is 0. The maximum absolute atomic E-state index is 13.7. The predicted molar refractivity (Wildman–Crippen MR) is 95.2 cm³/mol. The molecule has 148 valence electrons. The zero-order valence-electron chi connectivity index (χ0n) is 15.5. The van der Waals surface area contributed by atoms with E-state index in [4.69, 9.17) is 5.11 Å². The van der Waals surface area contributed by atoms with E-state index >= 15 is 0 Å². The molecular formula is C20H30F2O4. The van der Waals surface area contributed by atoms with Gasteiger partial charge < -0.3 is 5.11 Å². The average Bonchev–Trinajstić information content (AvgIpc) is 2.93. The molecule has 0 spiro atoms. The van der Waals surface area contributed by atoms with Gasteiger partial charge in [0.1, 0.15) is 5.78 Å². The first kappa shape index (κ1) is 22.5. The van der Waals surface area contributed by atoms with Crippen LogP contribution in [0.2, 0.25) is 0 Å². The summed E-state index contributed by atoms with van der Waals surface area (Å²) in [4.78, 5) is 34.3. The number of hydrogen-bond acceptors (Lipinski definition) is 3. The molecule has 0 aromatic heterocycles. The Labute approximate surface area is 154 Å². The number of ketones is 2. The third-order valence-electron chi connectivity index (χ3n) is 5.08. The van der Waals surface area contributed by atoms with E-state index in [1.165, 1.54) is 6.08 Å². The van der Waals surface area contributed by atoms with Crippen molar-refractivity contribution >= 4 is 17.5 Å². The van der Waals surface area contributed by atoms with E-state index in [0.29, 0.717) is 44.6 Å². The quantitative estimate of drug-likeness (QED) is 0.366. The molecule has 0 aromatic carbocycles. The average molecular weight is 372 g/mol. The van der Waals surface area contributed by atoms with Gasteiger partial charge in [-0.1, -0.05) is 32.3 Å². The first-order valence-electron chi connectivity index (χ1n) is 9.61. The van der Waals surface area contributed by atoms with Crippen molar-refractivity contribution in [1.82, 2.24) is 0 Å². The van der Waals surface area contributed by atoms with Crippen LogP contribution in [0.3, 0.4) is 0 Å². The SMILES string of the molecule is CCC=CC(F)(F)C(=O)CCC1CCC(=O)C1CCCCCCC(=O)O. The van der Waals surface area contributed by atoms with Crippen LogP contribution < -0.4 is 0 Å². The van der Waals surface area contributed by atoms with E-state index in [0.717, 1.165) is 19.3 Å². The Morgan fingerprint density at radius 3 is 2.50 bits per heavy atom. The number of carbonyl (C=O) groups excluding carboxylic acids is 2. The summed E-state index contributed by atoms with van der Waals surface area (Å²) in [5.74, 6) is -5.25. The van der Waals surface area contributed by atoms with E-state index in [1.807, 2.05) is 0 Å². The molecule has 0 amide bonds. The van der Waals surface area contributed by atoms with Gasteiger partial charge in [-0.25, -0.2) is 0 Å². The molecule has 0 aromatic rings. The number of halogens is 2. The lowest BCUT2D eigenvalue weighted by molar-refractivity contribution is -0.138. The van der Waals surface area contributed by atoms with Crippen molar-refractivity contribution in [3.8, 4) is 0 Å². The fraction of sp³-hybridized carbons (Fsp3) is 0.750. The van der Waals surface area contributed by atoms with Crippen molar-refractivity contribution in [1.29, 1.82) is 0 Å². The minimum atomic E-state index is -3.42. The highest BCUT2D eigenvalue weighted by molar-refractivity contribution is 5.88. The minimum Gasteiger partial charge on any atom is -0.481 e. The standard InChI is InChI=1S/C20H30F2O4/c1-2-3-14-20(21,22)18(24)13-11-15-10-12-17(23)16(15)8-6-4-5-7-9-19(25)26/h3,14-16H,2,4-13H2,1H3,(H,25,26). The second-order valence-electron chi connectivity index (χ2n) is 7.11. The number of carboxylic acids is 1. The summed E-state index contributed by atoms with van der Waals surface area (Å²) in [7, 11) is 0. The van der Waals surface area contributed by atoms with E-state index < -0.39 is 17.7 Å². The van der Waals surface area contributed by atoms with Crippen molar-refractivity contribution in [2.45, 2.75) is 83.5 Å². The molecule has 1 aliphatic rings. The second-order valence-corrected chi connectivity index (χ2v) is 7.11. The largest absolute Gasteiger partial charge is 0.481 e. The van der Waals surface area contributed by atoms with Gasteiger partial charge in [-0.05, 0) is 44.1 Å². The Morgan fingerprint density at radius 2 is 1.85 bits per heavy atom. The fourth-order valence-corrected chi connectivity index (χ4v) is 3.56. The third-order valence-corrected chi connectivity index (χ3v) is 5.08. The van der Waals surface area contributed by atoms with Gasteiger partial charge >= 0.3 is 11.9 Å². The number of aliphatic carboxylic acids is 1. The van der Waals surface area contributed by atoms with E-state index in [9.17, 15) is 23.2 Å². The number of allylic oxidation sites excluding steroid dienone is 2. The summed E-state index contributed by atoms with van der Waals surface area (Å²) in [5.41, 5.74) is 0. The lowest BCUT2D eigenvalue weighted by Gasteiger charge is -2.19. The Kier molecular flexibility index (Phi) is 9.66. The molecule has 0 bridgehead atoms. The highest BCUT2D eigenvalue weighted by Gasteiger charge is 2.38. The van der Waals surface area contributed by atoms with Gasteiger partial charge in [0.15, 0.2) is 0 Å².